The Morgan fingerprint density at radius 3 is 2.12 bits per heavy atom. The number of hydrogen-bond donors (Lipinski definition) is 0. The van der Waals surface area contributed by atoms with Crippen molar-refractivity contribution in [2.75, 3.05) is 4.90 Å². The summed E-state index contributed by atoms with van der Waals surface area (Å²) in [5.41, 5.74) is 1.42. The van der Waals surface area contributed by atoms with E-state index < -0.39 is 6.10 Å². The van der Waals surface area contributed by atoms with E-state index in [4.69, 9.17) is 27.9 Å². The van der Waals surface area contributed by atoms with E-state index in [0.29, 0.717) is 36.8 Å². The number of rotatable bonds is 3. The molecule has 2 amide bonds. The minimum atomic E-state index is -0.544. The van der Waals surface area contributed by atoms with Crippen molar-refractivity contribution in [3.05, 3.63) is 33.3 Å². The maximum absolute atomic E-state index is 12.8. The molecule has 1 unspecified atom stereocenters. The molecule has 0 aromatic heterocycles. The number of amides is 2. The lowest BCUT2D eigenvalue weighted by molar-refractivity contribution is -0.123. The Labute approximate surface area is 160 Å². The lowest BCUT2D eigenvalue weighted by Gasteiger charge is -2.20. The van der Waals surface area contributed by atoms with Gasteiger partial charge in [0.2, 0.25) is 0 Å². The van der Waals surface area contributed by atoms with Gasteiger partial charge in [-0.2, -0.15) is 0 Å². The van der Waals surface area contributed by atoms with Gasteiger partial charge < -0.3 is 4.74 Å². The van der Waals surface area contributed by atoms with Gasteiger partial charge in [-0.1, -0.05) is 23.2 Å². The molecule has 0 N–H and O–H groups in total. The average molecular weight is 394 g/mol. The fourth-order valence-electron chi connectivity index (χ4n) is 3.80. The summed E-state index contributed by atoms with van der Waals surface area (Å²) < 4.78 is 5.76. The van der Waals surface area contributed by atoms with Gasteiger partial charge in [-0.15, -0.1) is 0 Å². The number of benzene rings is 1. The standard InChI is InChI=1S/C19H17Cl2NO4/c20-12-8-13(21)17(26-16-7-3-6-15(16)23)9-14(12)22-18(24)10-4-1-2-5-11(10)19(22)25/h8-9,16H,1-7H2. The van der Waals surface area contributed by atoms with Gasteiger partial charge in [0.25, 0.3) is 11.8 Å². The number of ketones is 1. The molecule has 1 saturated carbocycles. The molecule has 1 aromatic rings. The summed E-state index contributed by atoms with van der Waals surface area (Å²) in [7, 11) is 0. The lowest BCUT2D eigenvalue weighted by Crippen LogP contribution is -2.32. The summed E-state index contributed by atoms with van der Waals surface area (Å²) in [6.07, 6.45) is 4.38. The van der Waals surface area contributed by atoms with Crippen LogP contribution in [0.5, 0.6) is 5.75 Å². The average Bonchev–Trinajstić information content (AvgIpc) is 3.13. The van der Waals surface area contributed by atoms with Crippen molar-refractivity contribution in [3.8, 4) is 5.75 Å². The van der Waals surface area contributed by atoms with Crippen LogP contribution in [0.2, 0.25) is 10.0 Å². The Hall–Kier alpha value is -1.85. The van der Waals surface area contributed by atoms with E-state index in [9.17, 15) is 14.4 Å². The van der Waals surface area contributed by atoms with Gasteiger partial charge in [0.15, 0.2) is 11.9 Å². The number of carbonyl (C=O) groups excluding carboxylic acids is 3. The van der Waals surface area contributed by atoms with Crippen LogP contribution in [-0.4, -0.2) is 23.7 Å². The molecule has 3 aliphatic rings. The Kier molecular flexibility index (Phi) is 4.53. The van der Waals surface area contributed by atoms with Crippen LogP contribution >= 0.6 is 23.2 Å². The van der Waals surface area contributed by atoms with E-state index >= 15 is 0 Å². The maximum Gasteiger partial charge on any atom is 0.261 e. The summed E-state index contributed by atoms with van der Waals surface area (Å²) >= 11 is 12.5. The molecule has 7 heteroatoms. The second-order valence-corrected chi connectivity index (χ2v) is 7.62. The first kappa shape index (κ1) is 17.6. The van der Waals surface area contributed by atoms with E-state index in [0.717, 1.165) is 24.2 Å². The van der Waals surface area contributed by atoms with E-state index in [-0.39, 0.29) is 39.1 Å². The second kappa shape index (κ2) is 6.71. The monoisotopic (exact) mass is 393 g/mol. The van der Waals surface area contributed by atoms with E-state index in [2.05, 4.69) is 0 Å². The zero-order valence-electron chi connectivity index (χ0n) is 14.0. The van der Waals surface area contributed by atoms with Crippen LogP contribution in [0, 0.1) is 0 Å². The number of imide groups is 1. The molecule has 1 heterocycles. The van der Waals surface area contributed by atoms with Gasteiger partial charge in [-0.05, 0) is 44.6 Å². The van der Waals surface area contributed by atoms with E-state index in [1.165, 1.54) is 12.1 Å². The van der Waals surface area contributed by atoms with Crippen molar-refractivity contribution in [1.29, 1.82) is 0 Å². The van der Waals surface area contributed by atoms with Crippen molar-refractivity contribution in [1.82, 2.24) is 0 Å². The van der Waals surface area contributed by atoms with Crippen LogP contribution in [0.3, 0.4) is 0 Å². The molecule has 5 nitrogen and oxygen atoms in total. The van der Waals surface area contributed by atoms with Crippen LogP contribution in [-0.2, 0) is 14.4 Å². The van der Waals surface area contributed by atoms with Crippen LogP contribution < -0.4 is 9.64 Å². The van der Waals surface area contributed by atoms with Crippen molar-refractivity contribution in [3.63, 3.8) is 0 Å². The van der Waals surface area contributed by atoms with Gasteiger partial charge in [-0.3, -0.25) is 14.4 Å². The van der Waals surface area contributed by atoms with Crippen LogP contribution in [0.4, 0.5) is 5.69 Å². The number of ether oxygens (including phenoxy) is 1. The lowest BCUT2D eigenvalue weighted by atomic mass is 9.93. The molecule has 0 bridgehead atoms. The third-order valence-electron chi connectivity index (χ3n) is 5.15. The maximum atomic E-state index is 12.8. The summed E-state index contributed by atoms with van der Waals surface area (Å²) in [6.45, 7) is 0. The molecular formula is C19H17Cl2NO4. The number of halogens is 2. The highest BCUT2D eigenvalue weighted by Crippen LogP contribution is 2.42. The molecule has 136 valence electrons. The second-order valence-electron chi connectivity index (χ2n) is 6.81. The first-order chi connectivity index (χ1) is 12.5. The Balaban J connectivity index is 1.69. The highest BCUT2D eigenvalue weighted by Gasteiger charge is 2.41. The Bertz CT molecular complexity index is 833. The molecule has 26 heavy (non-hydrogen) atoms. The van der Waals surface area contributed by atoms with Crippen molar-refractivity contribution >= 4 is 46.5 Å². The predicted molar refractivity (Wildman–Crippen MR) is 97.7 cm³/mol. The smallest absolute Gasteiger partial charge is 0.261 e. The first-order valence-corrected chi connectivity index (χ1v) is 9.52. The molecule has 0 spiro atoms. The van der Waals surface area contributed by atoms with Gasteiger partial charge in [0.1, 0.15) is 5.75 Å². The number of carbonyl (C=O) groups is 3. The van der Waals surface area contributed by atoms with E-state index in [1.54, 1.807) is 0 Å². The molecule has 2 aliphatic carbocycles. The third kappa shape index (κ3) is 2.83. The van der Waals surface area contributed by atoms with Crippen molar-refractivity contribution < 1.29 is 19.1 Å². The normalized spacial score (nSPS) is 23.1. The molecule has 1 aromatic carbocycles. The summed E-state index contributed by atoms with van der Waals surface area (Å²) in [5, 5.41) is 0.442. The van der Waals surface area contributed by atoms with Gasteiger partial charge in [0, 0.05) is 23.6 Å². The van der Waals surface area contributed by atoms with Crippen molar-refractivity contribution in [2.24, 2.45) is 0 Å². The SMILES string of the molecule is O=C1CCCC1Oc1cc(N2C(=O)C3=C(CCCC3)C2=O)c(Cl)cc1Cl. The number of hydrogen-bond acceptors (Lipinski definition) is 4. The van der Waals surface area contributed by atoms with E-state index in [1.807, 2.05) is 0 Å². The van der Waals surface area contributed by atoms with Gasteiger partial charge in [-0.25, -0.2) is 4.90 Å². The molecule has 1 atom stereocenters. The molecule has 1 fully saturated rings. The topological polar surface area (TPSA) is 63.7 Å². The Morgan fingerprint density at radius 1 is 0.885 bits per heavy atom. The number of anilines is 1. The zero-order valence-corrected chi connectivity index (χ0v) is 15.5. The highest BCUT2D eigenvalue weighted by molar-refractivity contribution is 6.41. The van der Waals surface area contributed by atoms with Crippen molar-refractivity contribution in [2.45, 2.75) is 51.0 Å². The Morgan fingerprint density at radius 2 is 1.54 bits per heavy atom. The first-order valence-electron chi connectivity index (χ1n) is 8.76. The predicted octanol–water partition coefficient (Wildman–Crippen LogP) is 4.24. The third-order valence-corrected chi connectivity index (χ3v) is 5.75. The number of nitrogens with zero attached hydrogens (tertiary/aromatic N) is 1. The fraction of sp³-hybridized carbons (Fsp3) is 0.421. The van der Waals surface area contributed by atoms with Gasteiger partial charge >= 0.3 is 0 Å². The van der Waals surface area contributed by atoms with Gasteiger partial charge in [0.05, 0.1) is 15.7 Å². The minimum absolute atomic E-state index is 0.0306. The molecule has 4 rings (SSSR count). The molecule has 1 aliphatic heterocycles. The largest absolute Gasteiger partial charge is 0.481 e. The summed E-state index contributed by atoms with van der Waals surface area (Å²) in [6, 6.07) is 2.94. The minimum Gasteiger partial charge on any atom is -0.481 e. The van der Waals surface area contributed by atoms with Crippen LogP contribution in [0.15, 0.2) is 23.3 Å². The molecular weight excluding hydrogens is 377 g/mol. The van der Waals surface area contributed by atoms with Crippen LogP contribution in [0.1, 0.15) is 44.9 Å². The number of Topliss-reactive ketones (excluding diaryl/α,β-unsaturated/α-hetero) is 1. The fourth-order valence-corrected chi connectivity index (χ4v) is 4.31. The molecule has 0 radical (unpaired) electrons. The highest BCUT2D eigenvalue weighted by atomic mass is 35.5. The zero-order chi connectivity index (χ0) is 18.4. The quantitative estimate of drug-likeness (QED) is 0.720. The summed E-state index contributed by atoms with van der Waals surface area (Å²) in [4.78, 5) is 38.5. The molecule has 0 saturated heterocycles. The van der Waals surface area contributed by atoms with Crippen LogP contribution in [0.25, 0.3) is 0 Å². The summed E-state index contributed by atoms with van der Waals surface area (Å²) in [5.74, 6) is -0.353.